The second-order valence-electron chi connectivity index (χ2n) is 3.79. The van der Waals surface area contributed by atoms with E-state index in [0.29, 0.717) is 0 Å². The highest BCUT2D eigenvalue weighted by atomic mass is 28.2. The Kier molecular flexibility index (Phi) is 1.89. The van der Waals surface area contributed by atoms with Crippen molar-refractivity contribution in [3.63, 3.8) is 0 Å². The van der Waals surface area contributed by atoms with E-state index in [-0.39, 0.29) is 5.60 Å². The Labute approximate surface area is 82.0 Å². The van der Waals surface area contributed by atoms with Gasteiger partial charge in [-0.1, -0.05) is 24.3 Å². The average Bonchev–Trinajstić information content (AvgIpc) is 2.07. The average molecular weight is 187 g/mol. The van der Waals surface area contributed by atoms with Crippen LogP contribution < -0.4 is 0 Å². The fourth-order valence-electron chi connectivity index (χ4n) is 1.39. The number of hydrogen-bond donors (Lipinski definition) is 0. The van der Waals surface area contributed by atoms with E-state index in [4.69, 9.17) is 4.43 Å². The normalized spacial score (nSPS) is 13.8. The molecule has 2 rings (SSSR count). The molecule has 0 fully saturated rings. The quantitative estimate of drug-likeness (QED) is 0.656. The molecule has 1 nitrogen and oxygen atoms in total. The Balaban J connectivity index is 2.39. The molecule has 1 aromatic rings. The zero-order chi connectivity index (χ0) is 9.47. The first-order chi connectivity index (χ1) is 6.13. The minimum Gasteiger partial charge on any atom is -0.410 e. The van der Waals surface area contributed by atoms with E-state index < -0.39 is 0 Å². The Morgan fingerprint density at radius 3 is 2.31 bits per heavy atom. The van der Waals surface area contributed by atoms with E-state index in [1.54, 1.807) is 0 Å². The fraction of sp³-hybridized carbons (Fsp3) is 0.273. The maximum Gasteiger partial charge on any atom is 0.247 e. The first kappa shape index (κ1) is 8.72. The highest BCUT2D eigenvalue weighted by Crippen LogP contribution is 2.30. The summed E-state index contributed by atoms with van der Waals surface area (Å²) in [7, 11) is 3.10. The number of fused-ring (bicyclic) bond motifs is 1. The van der Waals surface area contributed by atoms with E-state index in [1.807, 2.05) is 13.8 Å². The third-order valence-corrected chi connectivity index (χ3v) is 2.99. The van der Waals surface area contributed by atoms with Gasteiger partial charge in [-0.3, -0.25) is 0 Å². The summed E-state index contributed by atoms with van der Waals surface area (Å²) in [5.41, 5.74) is 3.53. The predicted octanol–water partition coefficient (Wildman–Crippen LogP) is 2.51. The second-order valence-corrected chi connectivity index (χ2v) is 3.99. The molecule has 0 heterocycles. The maximum atomic E-state index is 5.22. The Hall–Kier alpha value is -0.863. The standard InChI is InChI=1S/C11H11OSi/c1-11(2,12-13)10-6-5-8-3-4-9(8)7-10/h3-7H,1-2H3. The molecule has 0 aliphatic heterocycles. The first-order valence-electron chi connectivity index (χ1n) is 4.31. The lowest BCUT2D eigenvalue weighted by atomic mass is 9.90. The predicted molar refractivity (Wildman–Crippen MR) is 55.2 cm³/mol. The summed E-state index contributed by atoms with van der Waals surface area (Å²) < 4.78 is 5.22. The van der Waals surface area contributed by atoms with Gasteiger partial charge in [-0.25, -0.2) is 0 Å². The highest BCUT2D eigenvalue weighted by molar-refractivity contribution is 5.98. The fourth-order valence-corrected chi connectivity index (χ4v) is 1.51. The maximum absolute atomic E-state index is 5.22. The van der Waals surface area contributed by atoms with Crippen molar-refractivity contribution >= 4 is 22.6 Å². The van der Waals surface area contributed by atoms with Crippen LogP contribution in [0.15, 0.2) is 18.2 Å². The van der Waals surface area contributed by atoms with E-state index in [2.05, 4.69) is 40.8 Å². The Bertz CT molecular complexity index is 366. The molecule has 65 valence electrons. The van der Waals surface area contributed by atoms with Crippen LogP contribution in [0.2, 0.25) is 0 Å². The summed E-state index contributed by atoms with van der Waals surface area (Å²) in [6.07, 6.45) is 4.23. The van der Waals surface area contributed by atoms with Gasteiger partial charge in [-0.15, -0.1) is 0 Å². The number of benzene rings is 1. The van der Waals surface area contributed by atoms with Crippen LogP contribution >= 0.6 is 0 Å². The SMILES string of the molecule is CC(C)(O[Si])c1ccc2c(c1)C=C2. The highest BCUT2D eigenvalue weighted by Gasteiger charge is 2.20. The van der Waals surface area contributed by atoms with Crippen LogP contribution in [-0.2, 0) is 10.0 Å². The van der Waals surface area contributed by atoms with E-state index in [0.717, 1.165) is 0 Å². The molecule has 1 aliphatic rings. The first-order valence-corrected chi connectivity index (χ1v) is 4.72. The molecule has 0 N–H and O–H groups in total. The van der Waals surface area contributed by atoms with Crippen LogP contribution in [0.1, 0.15) is 30.5 Å². The van der Waals surface area contributed by atoms with Crippen LogP contribution in [0.3, 0.4) is 0 Å². The molecule has 2 heteroatoms. The number of hydrogen-bond acceptors (Lipinski definition) is 1. The van der Waals surface area contributed by atoms with E-state index in [9.17, 15) is 0 Å². The Morgan fingerprint density at radius 1 is 1.15 bits per heavy atom. The molecule has 0 spiro atoms. The lowest BCUT2D eigenvalue weighted by Crippen LogP contribution is -2.20. The largest absolute Gasteiger partial charge is 0.410 e. The smallest absolute Gasteiger partial charge is 0.247 e. The second kappa shape index (κ2) is 2.82. The molecule has 0 amide bonds. The van der Waals surface area contributed by atoms with Gasteiger partial charge in [0.1, 0.15) is 0 Å². The van der Waals surface area contributed by atoms with Crippen LogP contribution in [0.4, 0.5) is 0 Å². The van der Waals surface area contributed by atoms with Crippen molar-refractivity contribution in [2.24, 2.45) is 0 Å². The molecule has 0 saturated carbocycles. The summed E-state index contributed by atoms with van der Waals surface area (Å²) in [4.78, 5) is 0. The van der Waals surface area contributed by atoms with Gasteiger partial charge in [0.25, 0.3) is 0 Å². The molecule has 1 aliphatic carbocycles. The number of rotatable bonds is 2. The summed E-state index contributed by atoms with van der Waals surface area (Å²) in [5.74, 6) is 0. The summed E-state index contributed by atoms with van der Waals surface area (Å²) in [5, 5.41) is 0. The van der Waals surface area contributed by atoms with E-state index in [1.165, 1.54) is 16.7 Å². The third kappa shape index (κ3) is 1.36. The van der Waals surface area contributed by atoms with E-state index >= 15 is 0 Å². The van der Waals surface area contributed by atoms with Crippen molar-refractivity contribution in [2.45, 2.75) is 19.4 Å². The molecule has 0 aromatic heterocycles. The van der Waals surface area contributed by atoms with Crippen molar-refractivity contribution in [3.05, 3.63) is 34.9 Å². The van der Waals surface area contributed by atoms with Crippen molar-refractivity contribution < 1.29 is 4.43 Å². The Morgan fingerprint density at radius 2 is 1.85 bits per heavy atom. The molecule has 0 bridgehead atoms. The van der Waals surface area contributed by atoms with Gasteiger partial charge in [0.05, 0.1) is 5.60 Å². The molecule has 0 saturated heterocycles. The molecule has 1 aromatic carbocycles. The van der Waals surface area contributed by atoms with Gasteiger partial charge >= 0.3 is 0 Å². The minimum atomic E-state index is -0.269. The minimum absolute atomic E-state index is 0.269. The lowest BCUT2D eigenvalue weighted by Gasteiger charge is -2.25. The molecule has 0 unspecified atom stereocenters. The summed E-state index contributed by atoms with van der Waals surface area (Å²) in [6.45, 7) is 4.06. The summed E-state index contributed by atoms with van der Waals surface area (Å²) in [6, 6.07) is 6.38. The monoisotopic (exact) mass is 187 g/mol. The van der Waals surface area contributed by atoms with Gasteiger partial charge in [0.15, 0.2) is 0 Å². The molecule has 3 radical (unpaired) electrons. The topological polar surface area (TPSA) is 9.23 Å². The molecule has 0 atom stereocenters. The van der Waals surface area contributed by atoms with Gasteiger partial charge in [0, 0.05) is 0 Å². The zero-order valence-corrected chi connectivity index (χ0v) is 8.79. The molecular weight excluding hydrogens is 176 g/mol. The summed E-state index contributed by atoms with van der Waals surface area (Å²) >= 11 is 0. The van der Waals surface area contributed by atoms with Crippen molar-refractivity contribution in [1.29, 1.82) is 0 Å². The van der Waals surface area contributed by atoms with Crippen molar-refractivity contribution in [2.75, 3.05) is 0 Å². The van der Waals surface area contributed by atoms with Crippen LogP contribution in [0.5, 0.6) is 0 Å². The third-order valence-electron chi connectivity index (χ3n) is 2.48. The lowest BCUT2D eigenvalue weighted by molar-refractivity contribution is 0.123. The van der Waals surface area contributed by atoms with Crippen molar-refractivity contribution in [3.8, 4) is 0 Å². The van der Waals surface area contributed by atoms with Crippen LogP contribution in [0.25, 0.3) is 12.2 Å². The van der Waals surface area contributed by atoms with Gasteiger partial charge < -0.3 is 4.43 Å². The van der Waals surface area contributed by atoms with Crippen molar-refractivity contribution in [1.82, 2.24) is 0 Å². The molecular formula is C11H11OSi. The van der Waals surface area contributed by atoms with Crippen LogP contribution in [0, 0.1) is 0 Å². The van der Waals surface area contributed by atoms with Gasteiger partial charge in [-0.2, -0.15) is 0 Å². The van der Waals surface area contributed by atoms with Gasteiger partial charge in [-0.05, 0) is 36.6 Å². The molecule has 13 heavy (non-hydrogen) atoms. The van der Waals surface area contributed by atoms with Crippen LogP contribution in [-0.4, -0.2) is 10.5 Å². The zero-order valence-electron chi connectivity index (χ0n) is 7.79. The van der Waals surface area contributed by atoms with Gasteiger partial charge in [0.2, 0.25) is 10.5 Å².